The van der Waals surface area contributed by atoms with E-state index in [1.165, 1.54) is 51.0 Å². The second-order valence-corrected chi connectivity index (χ2v) is 30.6. The molecule has 1 fully saturated rings. The molecule has 1 heterocycles. The van der Waals surface area contributed by atoms with Crippen LogP contribution in [-0.2, 0) is 111 Å². The minimum absolute atomic E-state index is 0.0179. The van der Waals surface area contributed by atoms with Gasteiger partial charge in [0.05, 0.1) is 82.0 Å². The van der Waals surface area contributed by atoms with Crippen LogP contribution in [0.3, 0.4) is 0 Å². The van der Waals surface area contributed by atoms with Crippen LogP contribution in [0.4, 0.5) is 0 Å². The average molecular weight is 1720 g/mol. The van der Waals surface area contributed by atoms with Crippen LogP contribution < -0.4 is 74.4 Å². The maximum Gasteiger partial charge on any atom is 0.328 e. The molecular weight excluding hydrogens is 1620 g/mol. The normalized spacial score (nSPS) is 15.8. The molecular formula is C73H103ClN16O28S. The number of carboxylic acids is 2. The summed E-state index contributed by atoms with van der Waals surface area (Å²) in [7, 11) is -0.891. The zero-order valence-electron chi connectivity index (χ0n) is 65.6. The number of hydrogen-bond acceptors (Lipinski definition) is 27. The van der Waals surface area contributed by atoms with Gasteiger partial charge in [0.1, 0.15) is 88.1 Å². The van der Waals surface area contributed by atoms with E-state index in [4.69, 9.17) is 21.8 Å². The van der Waals surface area contributed by atoms with E-state index in [2.05, 4.69) is 26.6 Å². The first kappa shape index (κ1) is 99.8. The molecule has 3 aromatic rings. The smallest absolute Gasteiger partial charge is 0.328 e. The number of carbonyl (C=O) groups is 17. The lowest BCUT2D eigenvalue weighted by atomic mass is 9.99. The zero-order valence-corrected chi connectivity index (χ0v) is 67.2. The number of sulfone groups is 1. The van der Waals surface area contributed by atoms with Gasteiger partial charge in [-0.05, 0) is 74.4 Å². The molecule has 0 radical (unpaired) electrons. The highest BCUT2D eigenvalue weighted by Crippen LogP contribution is 2.26. The molecule has 0 spiro atoms. The Kier molecular flexibility index (Phi) is 41.0. The van der Waals surface area contributed by atoms with Gasteiger partial charge in [0.15, 0.2) is 0 Å². The number of carbonyl (C=O) groups excluding carboxylic acids is 15. The van der Waals surface area contributed by atoms with Gasteiger partial charge in [-0.25, -0.2) is 13.2 Å². The summed E-state index contributed by atoms with van der Waals surface area (Å²) < 4.78 is 25.1. The minimum Gasteiger partial charge on any atom is -0.506 e. The van der Waals surface area contributed by atoms with E-state index in [0.29, 0.717) is 5.56 Å². The molecule has 14 atom stereocenters. The summed E-state index contributed by atoms with van der Waals surface area (Å²) in [6, 6.07) is -1.20. The fourth-order valence-corrected chi connectivity index (χ4v) is 12.6. The predicted molar refractivity (Wildman–Crippen MR) is 416 cm³/mol. The Morgan fingerprint density at radius 2 is 0.908 bits per heavy atom. The fourth-order valence-electron chi connectivity index (χ4n) is 11.7. The summed E-state index contributed by atoms with van der Waals surface area (Å²) in [5.74, 6) is -22.2. The standard InChI is InChI=1S/C73H103ClN16O28S/c1-37(2)59(87-66(108)45(26-41-19-20-54(97)42(74)24-41)83-68(110)53(27-40-16-11-8-12-17-40)89(5)72(114)52-18-13-22-90(52)71(113)43(21-23-119(6,117)118)82-64(106)44(75-4)25-39-14-9-7-10-15-39)69(111)84-46(28-58(101)102)65(107)85-50(35-94)67(109)88-60(38(3)96)70(112)86-49(34-93)63(105)78-30-56(99)80-47(32-91)61(103)76-29-55(98)79-48(33-92)62(104)77-31-57(100)81-51(36-95)73(115)116/h7-12,14-17,19-20,24,37-38,43-53,59-60,75,91-97H,13,18,21-23,25-36H2,1-6H3,(H,76,103)(H,77,104)(H,78,105)(H,79,98)(H,80,99)(H,81,100)(H,82,106)(H,83,110)(H,84,111)(H,85,107)(H,86,112)(H,87,108)(H,88,109)(H,101,102)(H,115,116)/t38-,43+,44+,45-,46+,47+,48+,49+,50+,51+,52+,53+,59+,60+/m1/s1. The van der Waals surface area contributed by atoms with Crippen LogP contribution in [0.15, 0.2) is 78.9 Å². The Bertz CT molecular complexity index is 4190. The third kappa shape index (κ3) is 32.7. The molecule has 0 bridgehead atoms. The maximum atomic E-state index is 15.1. The Hall–Kier alpha value is -11.6. The lowest BCUT2D eigenvalue weighted by molar-refractivity contribution is -0.148. The highest BCUT2D eigenvalue weighted by molar-refractivity contribution is 7.90. The third-order valence-electron chi connectivity index (χ3n) is 18.3. The predicted octanol–water partition coefficient (Wildman–Crippen LogP) is -10.3. The SMILES string of the molecule is CN[C@@H](Cc1ccccc1)C(=O)N[C@@H](CCS(C)(=O)=O)C(=O)N1CCC[C@H]1C(=O)N(C)[C@@H](Cc1ccccc1)C(=O)N[C@H](Cc1ccc(O)c(Cl)c1)C(=O)N[C@H](C(=O)N[C@@H](CC(=O)O)C(=O)N[C@@H](CO)C(=O)N[C@H](C(=O)N[C@@H](CO)C(=O)NCC(=O)N[C@@H](CO)C(=O)NCC(=O)N[C@@H](CO)C(=O)NCC(=O)N[C@@H](CO)C(=O)O)[C@@H](C)O)C(C)C. The number of aliphatic carboxylic acids is 2. The molecule has 1 aliphatic rings. The van der Waals surface area contributed by atoms with Crippen LogP contribution in [0.2, 0.25) is 5.02 Å². The molecule has 0 aromatic heterocycles. The highest BCUT2D eigenvalue weighted by Gasteiger charge is 2.44. The zero-order chi connectivity index (χ0) is 89.1. The number of nitrogens with zero attached hydrogens (tertiary/aromatic N) is 2. The fraction of sp³-hybridized carbons (Fsp3) is 0.521. The number of carboxylic acid groups (broad SMARTS) is 2. The number of benzene rings is 3. The number of phenolic OH excluding ortho intramolecular Hbond substituents is 1. The number of likely N-dealkylation sites (N-methyl/N-ethyl adjacent to an activating group) is 2. The summed E-state index contributed by atoms with van der Waals surface area (Å²) in [5, 5.41) is 120. The molecule has 4 rings (SSSR count). The largest absolute Gasteiger partial charge is 0.506 e. The van der Waals surface area contributed by atoms with Gasteiger partial charge in [-0.2, -0.15) is 0 Å². The molecule has 0 saturated carbocycles. The van der Waals surface area contributed by atoms with E-state index >= 15 is 9.59 Å². The van der Waals surface area contributed by atoms with Crippen LogP contribution in [0.1, 0.15) is 63.1 Å². The summed E-state index contributed by atoms with van der Waals surface area (Å²) >= 11 is 6.30. The van der Waals surface area contributed by atoms with Crippen LogP contribution in [0, 0.1) is 5.92 Å². The van der Waals surface area contributed by atoms with E-state index < -0.39 is 272 Å². The van der Waals surface area contributed by atoms with E-state index in [-0.39, 0.29) is 55.0 Å². The Morgan fingerprint density at radius 1 is 0.496 bits per heavy atom. The first-order chi connectivity index (χ1) is 56.1. The van der Waals surface area contributed by atoms with Gasteiger partial charge in [0.25, 0.3) is 0 Å². The summed E-state index contributed by atoms with van der Waals surface area (Å²) in [6.45, 7) is -4.81. The van der Waals surface area contributed by atoms with Crippen molar-refractivity contribution in [2.45, 2.75) is 150 Å². The topological polar surface area (TPSA) is 681 Å². The molecule has 23 N–H and O–H groups in total. The van der Waals surface area contributed by atoms with E-state index in [9.17, 15) is 116 Å². The minimum atomic E-state index is -3.71. The highest BCUT2D eigenvalue weighted by atomic mass is 35.5. The Labute approximate surface area is 687 Å². The lowest BCUT2D eigenvalue weighted by Crippen LogP contribution is -2.63. The number of rotatable bonds is 49. The van der Waals surface area contributed by atoms with E-state index in [1.807, 2.05) is 47.9 Å². The van der Waals surface area contributed by atoms with Crippen molar-refractivity contribution < 1.29 is 136 Å². The van der Waals surface area contributed by atoms with Crippen molar-refractivity contribution in [2.75, 3.05) is 85.3 Å². The van der Waals surface area contributed by atoms with Crippen molar-refractivity contribution in [1.82, 2.24) is 84.2 Å². The van der Waals surface area contributed by atoms with Gasteiger partial charge in [0, 0.05) is 32.7 Å². The number of amides is 15. The quantitative estimate of drug-likeness (QED) is 0.0250. The van der Waals surface area contributed by atoms with Gasteiger partial charge >= 0.3 is 11.9 Å². The average Bonchev–Trinajstić information content (AvgIpc) is 1.72. The van der Waals surface area contributed by atoms with Crippen LogP contribution >= 0.6 is 11.6 Å². The maximum absolute atomic E-state index is 15.1. The molecule has 3 aromatic carbocycles. The van der Waals surface area contributed by atoms with Gasteiger partial charge in [-0.15, -0.1) is 0 Å². The number of aromatic hydroxyl groups is 1. The molecule has 656 valence electrons. The second kappa shape index (κ2) is 49.0. The summed E-state index contributed by atoms with van der Waals surface area (Å²) in [4.78, 5) is 231. The van der Waals surface area contributed by atoms with Gasteiger partial charge in [0.2, 0.25) is 88.6 Å². The van der Waals surface area contributed by atoms with Gasteiger partial charge < -0.3 is 130 Å². The second-order valence-electron chi connectivity index (χ2n) is 27.9. The number of halogens is 1. The lowest BCUT2D eigenvalue weighted by Gasteiger charge is -2.35. The summed E-state index contributed by atoms with van der Waals surface area (Å²) in [6.07, 6.45) is -2.71. The molecule has 1 aliphatic heterocycles. The molecule has 1 saturated heterocycles. The van der Waals surface area contributed by atoms with Crippen LogP contribution in [0.25, 0.3) is 0 Å². The van der Waals surface area contributed by atoms with Crippen molar-refractivity contribution in [2.24, 2.45) is 5.92 Å². The number of aliphatic hydroxyl groups is 6. The molecule has 15 amide bonds. The number of hydrogen-bond donors (Lipinski definition) is 23. The number of nitrogens with one attached hydrogen (secondary N) is 14. The van der Waals surface area contributed by atoms with Crippen molar-refractivity contribution in [1.29, 1.82) is 0 Å². The number of aliphatic hydroxyl groups excluding tert-OH is 6. The molecule has 0 aliphatic carbocycles. The molecule has 119 heavy (non-hydrogen) atoms. The van der Waals surface area contributed by atoms with Crippen molar-refractivity contribution in [3.63, 3.8) is 0 Å². The van der Waals surface area contributed by atoms with Gasteiger partial charge in [-0.3, -0.25) is 76.7 Å². The molecule has 46 heteroatoms. The summed E-state index contributed by atoms with van der Waals surface area (Å²) in [5.41, 5.74) is 1.49. The van der Waals surface area contributed by atoms with E-state index in [0.717, 1.165) is 23.6 Å². The van der Waals surface area contributed by atoms with Crippen molar-refractivity contribution >= 4 is 122 Å². The first-order valence-corrected chi connectivity index (χ1v) is 39.5. The molecule has 44 nitrogen and oxygen atoms in total. The van der Waals surface area contributed by atoms with Crippen LogP contribution in [-0.4, -0.2) is 335 Å². The van der Waals surface area contributed by atoms with Crippen molar-refractivity contribution in [3.8, 4) is 5.75 Å². The number of phenols is 1. The first-order valence-electron chi connectivity index (χ1n) is 37.1. The van der Waals surface area contributed by atoms with Crippen LogP contribution in [0.5, 0.6) is 5.75 Å². The van der Waals surface area contributed by atoms with E-state index in [1.54, 1.807) is 60.7 Å². The Balaban J connectivity index is 1.48. The Morgan fingerprint density at radius 3 is 1.37 bits per heavy atom. The number of likely N-dealkylation sites (tertiary alicyclic amines) is 1. The van der Waals surface area contributed by atoms with Crippen molar-refractivity contribution in [3.05, 3.63) is 101 Å². The van der Waals surface area contributed by atoms with Gasteiger partial charge in [-0.1, -0.05) is 92.2 Å². The third-order valence-corrected chi connectivity index (χ3v) is 19.6. The monoisotopic (exact) mass is 1720 g/mol. The molecule has 0 unspecified atom stereocenters.